The van der Waals surface area contributed by atoms with Gasteiger partial charge in [0, 0.05) is 0 Å². The second-order valence-corrected chi connectivity index (χ2v) is 9.57. The largest absolute Gasteiger partial charge is 0.399 e. The molecule has 0 N–H and O–H groups in total. The highest BCUT2D eigenvalue weighted by atomic mass is 35.6. The summed E-state index contributed by atoms with van der Waals surface area (Å²) in [6, 6.07) is 8.49. The molecule has 78 valence electrons. The van der Waals surface area contributed by atoms with Crippen molar-refractivity contribution in [3.8, 4) is 0 Å². The normalized spacial score (nSPS) is 11.7. The monoisotopic (exact) mass is 228 g/mol. The molecular formula is C11H17ClOSi. The van der Waals surface area contributed by atoms with E-state index in [1.54, 1.807) is 0 Å². The van der Waals surface area contributed by atoms with E-state index in [4.69, 9.17) is 15.5 Å². The summed E-state index contributed by atoms with van der Waals surface area (Å²) in [4.78, 5) is 0. The van der Waals surface area contributed by atoms with Gasteiger partial charge < -0.3 is 4.43 Å². The first kappa shape index (κ1) is 11.8. The van der Waals surface area contributed by atoms with Crippen LogP contribution >= 0.6 is 11.1 Å². The molecule has 0 aliphatic heterocycles. The van der Waals surface area contributed by atoms with Gasteiger partial charge in [0.25, 0.3) is 7.63 Å². The van der Waals surface area contributed by atoms with Gasteiger partial charge in [-0.1, -0.05) is 31.2 Å². The molecule has 0 amide bonds. The number of rotatable bonds is 4. The summed E-state index contributed by atoms with van der Waals surface area (Å²) in [5.74, 6) is 0. The van der Waals surface area contributed by atoms with E-state index < -0.39 is 7.63 Å². The van der Waals surface area contributed by atoms with Crippen molar-refractivity contribution in [3.05, 3.63) is 35.4 Å². The van der Waals surface area contributed by atoms with Gasteiger partial charge in [-0.2, -0.15) is 0 Å². The van der Waals surface area contributed by atoms with Gasteiger partial charge in [-0.25, -0.2) is 0 Å². The zero-order valence-corrected chi connectivity index (χ0v) is 10.8. The standard InChI is InChI=1S/C11H17ClOSi/c1-4-10-5-7-11(8-6-10)9-13-14(2,3)12/h5-8H,4,9H2,1-3H3. The lowest BCUT2D eigenvalue weighted by Crippen LogP contribution is -2.21. The van der Waals surface area contributed by atoms with Gasteiger partial charge >= 0.3 is 0 Å². The fraction of sp³-hybridized carbons (Fsp3) is 0.455. The molecule has 1 rings (SSSR count). The summed E-state index contributed by atoms with van der Waals surface area (Å²) in [6.45, 7) is 6.75. The molecular weight excluding hydrogens is 212 g/mol. The van der Waals surface area contributed by atoms with Gasteiger partial charge in [0.2, 0.25) is 0 Å². The molecule has 1 aromatic rings. The minimum Gasteiger partial charge on any atom is -0.399 e. The first-order valence-electron chi connectivity index (χ1n) is 4.92. The first-order chi connectivity index (χ1) is 6.51. The van der Waals surface area contributed by atoms with Gasteiger partial charge in [0.1, 0.15) is 0 Å². The summed E-state index contributed by atoms with van der Waals surface area (Å²) in [5, 5.41) is 0. The maximum Gasteiger partial charge on any atom is 0.284 e. The Morgan fingerprint density at radius 1 is 1.14 bits per heavy atom. The topological polar surface area (TPSA) is 9.23 Å². The average Bonchev–Trinajstić information content (AvgIpc) is 2.14. The van der Waals surface area contributed by atoms with Crippen molar-refractivity contribution in [1.29, 1.82) is 0 Å². The van der Waals surface area contributed by atoms with E-state index >= 15 is 0 Å². The summed E-state index contributed by atoms with van der Waals surface area (Å²) in [6.07, 6.45) is 1.08. The minimum absolute atomic E-state index is 0.632. The van der Waals surface area contributed by atoms with Gasteiger partial charge in [0.05, 0.1) is 6.61 Å². The lowest BCUT2D eigenvalue weighted by Gasteiger charge is -2.14. The van der Waals surface area contributed by atoms with Crippen molar-refractivity contribution >= 4 is 18.7 Å². The van der Waals surface area contributed by atoms with Crippen molar-refractivity contribution in [2.45, 2.75) is 33.0 Å². The lowest BCUT2D eigenvalue weighted by atomic mass is 10.1. The van der Waals surface area contributed by atoms with Crippen LogP contribution < -0.4 is 0 Å². The molecule has 1 aromatic carbocycles. The zero-order chi connectivity index (χ0) is 10.6. The van der Waals surface area contributed by atoms with Crippen LogP contribution in [0.5, 0.6) is 0 Å². The second-order valence-electron chi connectivity index (χ2n) is 3.82. The number of halogens is 1. The van der Waals surface area contributed by atoms with Crippen molar-refractivity contribution in [2.24, 2.45) is 0 Å². The quantitative estimate of drug-likeness (QED) is 0.564. The second kappa shape index (κ2) is 4.96. The molecule has 0 aromatic heterocycles. The van der Waals surface area contributed by atoms with Gasteiger partial charge in [-0.15, -0.1) is 11.1 Å². The Kier molecular flexibility index (Phi) is 4.17. The van der Waals surface area contributed by atoms with Crippen molar-refractivity contribution in [2.75, 3.05) is 0 Å². The number of aryl methyl sites for hydroxylation is 1. The number of benzene rings is 1. The molecule has 0 saturated heterocycles. The van der Waals surface area contributed by atoms with Gasteiger partial charge in [0.15, 0.2) is 0 Å². The van der Waals surface area contributed by atoms with Crippen LogP contribution in [0.25, 0.3) is 0 Å². The van der Waals surface area contributed by atoms with Crippen LogP contribution in [0, 0.1) is 0 Å². The predicted molar refractivity (Wildman–Crippen MR) is 63.9 cm³/mol. The fourth-order valence-corrected chi connectivity index (χ4v) is 1.80. The van der Waals surface area contributed by atoms with Crippen molar-refractivity contribution < 1.29 is 4.43 Å². The van der Waals surface area contributed by atoms with E-state index in [2.05, 4.69) is 31.2 Å². The highest BCUT2D eigenvalue weighted by Crippen LogP contribution is 2.13. The van der Waals surface area contributed by atoms with E-state index in [1.807, 2.05) is 13.1 Å². The molecule has 0 aliphatic rings. The van der Waals surface area contributed by atoms with Crippen LogP contribution in [-0.4, -0.2) is 7.63 Å². The third-order valence-corrected chi connectivity index (χ3v) is 3.17. The molecule has 0 heterocycles. The molecule has 1 nitrogen and oxygen atoms in total. The zero-order valence-electron chi connectivity index (χ0n) is 9.01. The van der Waals surface area contributed by atoms with Gasteiger partial charge in [-0.05, 0) is 30.6 Å². The van der Waals surface area contributed by atoms with E-state index in [1.165, 1.54) is 11.1 Å². The summed E-state index contributed by atoms with van der Waals surface area (Å²) >= 11 is 6.06. The highest BCUT2D eigenvalue weighted by molar-refractivity contribution is 7.15. The van der Waals surface area contributed by atoms with E-state index in [0.29, 0.717) is 6.61 Å². The molecule has 0 bridgehead atoms. The maximum absolute atomic E-state index is 6.06. The number of hydrogen-bond acceptors (Lipinski definition) is 1. The molecule has 0 spiro atoms. The van der Waals surface area contributed by atoms with Crippen LogP contribution in [0.1, 0.15) is 18.1 Å². The smallest absolute Gasteiger partial charge is 0.284 e. The highest BCUT2D eigenvalue weighted by Gasteiger charge is 2.17. The molecule has 0 unspecified atom stereocenters. The molecule has 0 atom stereocenters. The Hall–Kier alpha value is -0.313. The Morgan fingerprint density at radius 2 is 1.64 bits per heavy atom. The Balaban J connectivity index is 2.52. The first-order valence-corrected chi connectivity index (χ1v) is 8.84. The van der Waals surface area contributed by atoms with E-state index in [-0.39, 0.29) is 0 Å². The summed E-state index contributed by atoms with van der Waals surface area (Å²) in [7, 11) is -1.89. The van der Waals surface area contributed by atoms with Gasteiger partial charge in [-0.3, -0.25) is 0 Å². The van der Waals surface area contributed by atoms with Crippen LogP contribution in [0.3, 0.4) is 0 Å². The molecule has 3 heteroatoms. The summed E-state index contributed by atoms with van der Waals surface area (Å²) in [5.41, 5.74) is 2.56. The van der Waals surface area contributed by atoms with E-state index in [9.17, 15) is 0 Å². The molecule has 0 aliphatic carbocycles. The SMILES string of the molecule is CCc1ccc(CO[Si](C)(C)Cl)cc1. The third-order valence-electron chi connectivity index (χ3n) is 2.01. The minimum atomic E-state index is -1.89. The third kappa shape index (κ3) is 4.27. The van der Waals surface area contributed by atoms with Crippen LogP contribution in [-0.2, 0) is 17.5 Å². The fourth-order valence-electron chi connectivity index (χ4n) is 1.13. The molecule has 0 radical (unpaired) electrons. The molecule has 0 saturated carbocycles. The van der Waals surface area contributed by atoms with Crippen molar-refractivity contribution in [1.82, 2.24) is 0 Å². The molecule has 14 heavy (non-hydrogen) atoms. The Morgan fingerprint density at radius 3 is 2.07 bits per heavy atom. The van der Waals surface area contributed by atoms with E-state index in [0.717, 1.165) is 6.42 Å². The Bertz CT molecular complexity index is 276. The van der Waals surface area contributed by atoms with Crippen molar-refractivity contribution in [3.63, 3.8) is 0 Å². The Labute approximate surface area is 91.9 Å². The van der Waals surface area contributed by atoms with Crippen LogP contribution in [0.2, 0.25) is 13.1 Å². The number of hydrogen-bond donors (Lipinski definition) is 0. The summed E-state index contributed by atoms with van der Waals surface area (Å²) < 4.78 is 5.59. The lowest BCUT2D eigenvalue weighted by molar-refractivity contribution is 0.308. The molecule has 0 fully saturated rings. The predicted octanol–water partition coefficient (Wildman–Crippen LogP) is 3.71. The maximum atomic E-state index is 6.06. The van der Waals surface area contributed by atoms with Crippen LogP contribution in [0.4, 0.5) is 0 Å². The van der Waals surface area contributed by atoms with Crippen LogP contribution in [0.15, 0.2) is 24.3 Å². The average molecular weight is 229 g/mol.